The van der Waals surface area contributed by atoms with Crippen LogP contribution in [0.15, 0.2) is 36.5 Å². The van der Waals surface area contributed by atoms with Crippen molar-refractivity contribution in [1.82, 2.24) is 0 Å². The molecule has 6 heteroatoms. The lowest BCUT2D eigenvalue weighted by Crippen LogP contribution is -2.30. The van der Waals surface area contributed by atoms with Gasteiger partial charge in [-0.25, -0.2) is 0 Å². The van der Waals surface area contributed by atoms with Crippen LogP contribution < -0.4 is 15.8 Å². The number of hydrogen-bond donors (Lipinski definition) is 2. The van der Waals surface area contributed by atoms with E-state index >= 15 is 0 Å². The molecule has 3 rings (SSSR count). The molecule has 27 heavy (non-hydrogen) atoms. The van der Waals surface area contributed by atoms with E-state index in [0.29, 0.717) is 22.9 Å². The fourth-order valence-corrected chi connectivity index (χ4v) is 4.48. The van der Waals surface area contributed by atoms with Crippen LogP contribution in [-0.4, -0.2) is 12.4 Å². The van der Waals surface area contributed by atoms with Crippen LogP contribution >= 0.6 is 11.3 Å². The van der Waals surface area contributed by atoms with E-state index in [1.165, 1.54) is 11.3 Å². The number of anilines is 2. The van der Waals surface area contributed by atoms with Crippen molar-refractivity contribution in [1.29, 1.82) is 5.26 Å². The summed E-state index contributed by atoms with van der Waals surface area (Å²) in [6.45, 7) is 8.42. The number of nitriles is 1. The predicted molar refractivity (Wildman–Crippen MR) is 109 cm³/mol. The van der Waals surface area contributed by atoms with Crippen LogP contribution in [-0.2, 0) is 4.79 Å². The molecule has 1 aromatic heterocycles. The Morgan fingerprint density at radius 2 is 2.11 bits per heavy atom. The second kappa shape index (κ2) is 7.85. The third-order valence-electron chi connectivity index (χ3n) is 4.82. The van der Waals surface area contributed by atoms with Gasteiger partial charge in [0.25, 0.3) is 0 Å². The van der Waals surface area contributed by atoms with Crippen molar-refractivity contribution < 1.29 is 9.53 Å². The van der Waals surface area contributed by atoms with Gasteiger partial charge in [-0.05, 0) is 31.0 Å². The summed E-state index contributed by atoms with van der Waals surface area (Å²) in [6, 6.07) is 9.91. The number of carbonyl (C=O) groups excluding carboxylic acids is 1. The first kappa shape index (κ1) is 19.0. The molecule has 1 aliphatic rings. The minimum absolute atomic E-state index is 0.00975. The Bertz CT molecular complexity index is 909. The quantitative estimate of drug-likeness (QED) is 0.711. The number of nitrogens with zero attached hydrogens (tertiary/aromatic N) is 1. The largest absolute Gasteiger partial charge is 0.494 e. The minimum Gasteiger partial charge on any atom is -0.494 e. The maximum absolute atomic E-state index is 12.4. The van der Waals surface area contributed by atoms with Crippen LogP contribution in [0.25, 0.3) is 0 Å². The van der Waals surface area contributed by atoms with Crippen molar-refractivity contribution in [2.24, 2.45) is 5.92 Å². The summed E-state index contributed by atoms with van der Waals surface area (Å²) in [5.74, 6) is 0.105. The lowest BCUT2D eigenvalue weighted by molar-refractivity contribution is -0.120. The van der Waals surface area contributed by atoms with Gasteiger partial charge in [0.05, 0.1) is 23.2 Å². The number of unbranched alkanes of at least 4 members (excludes halogenated alkanes) is 1. The number of nitrogens with two attached hydrogens (primary N) is 1. The van der Waals surface area contributed by atoms with E-state index in [1.807, 2.05) is 24.3 Å². The Hall–Kier alpha value is -2.78. The van der Waals surface area contributed by atoms with E-state index in [1.54, 1.807) is 6.92 Å². The summed E-state index contributed by atoms with van der Waals surface area (Å²) in [6.07, 6.45) is 2.09. The third kappa shape index (κ3) is 3.56. The average molecular weight is 382 g/mol. The number of carbonyl (C=O) groups is 1. The van der Waals surface area contributed by atoms with Gasteiger partial charge in [0.1, 0.15) is 22.5 Å². The topological polar surface area (TPSA) is 88.1 Å². The molecule has 3 N–H and O–H groups in total. The summed E-state index contributed by atoms with van der Waals surface area (Å²) in [4.78, 5) is 12.9. The molecule has 5 nitrogen and oxygen atoms in total. The molecule has 0 bridgehead atoms. The summed E-state index contributed by atoms with van der Waals surface area (Å²) < 4.78 is 5.74. The van der Waals surface area contributed by atoms with Gasteiger partial charge >= 0.3 is 0 Å². The number of nitrogen functional groups attached to an aromatic ring is 1. The zero-order valence-electron chi connectivity index (χ0n) is 15.5. The summed E-state index contributed by atoms with van der Waals surface area (Å²) in [7, 11) is 0. The van der Waals surface area contributed by atoms with Crippen molar-refractivity contribution >= 4 is 27.8 Å². The van der Waals surface area contributed by atoms with Crippen molar-refractivity contribution in [3.63, 3.8) is 0 Å². The Kier molecular flexibility index (Phi) is 5.52. The molecule has 0 saturated heterocycles. The van der Waals surface area contributed by atoms with E-state index < -0.39 is 5.92 Å². The SMILES string of the molecule is C=C1Nc2sc(C#N)c(N)c2[C@H](c2ccc(OCCCC)cc2)[C@H]1C(C)=O. The zero-order valence-corrected chi connectivity index (χ0v) is 16.4. The number of nitrogens with one attached hydrogen (secondary N) is 1. The smallest absolute Gasteiger partial charge is 0.139 e. The first-order valence-electron chi connectivity index (χ1n) is 8.99. The normalized spacial score (nSPS) is 18.3. The van der Waals surface area contributed by atoms with Crippen molar-refractivity contribution in [3.05, 3.63) is 52.5 Å². The summed E-state index contributed by atoms with van der Waals surface area (Å²) in [5.41, 5.74) is 9.10. The molecule has 0 fully saturated rings. The molecule has 1 aromatic carbocycles. The van der Waals surface area contributed by atoms with Crippen LogP contribution in [0.1, 0.15) is 48.6 Å². The molecule has 0 spiro atoms. The highest BCUT2D eigenvalue weighted by Crippen LogP contribution is 2.51. The zero-order chi connectivity index (χ0) is 19.6. The Morgan fingerprint density at radius 1 is 1.41 bits per heavy atom. The number of fused-ring (bicyclic) bond motifs is 1. The first-order valence-corrected chi connectivity index (χ1v) is 9.80. The molecular weight excluding hydrogens is 358 g/mol. The molecule has 0 aliphatic carbocycles. The minimum atomic E-state index is -0.437. The van der Waals surface area contributed by atoms with Crippen LogP contribution in [0.5, 0.6) is 5.75 Å². The molecule has 1 aliphatic heterocycles. The maximum Gasteiger partial charge on any atom is 0.139 e. The Morgan fingerprint density at radius 3 is 2.70 bits per heavy atom. The van der Waals surface area contributed by atoms with E-state index in [9.17, 15) is 10.1 Å². The van der Waals surface area contributed by atoms with Crippen LogP contribution in [0.4, 0.5) is 10.7 Å². The lowest BCUT2D eigenvalue weighted by atomic mass is 9.75. The molecule has 2 aromatic rings. The number of rotatable bonds is 6. The van der Waals surface area contributed by atoms with Crippen molar-refractivity contribution in [2.75, 3.05) is 17.7 Å². The van der Waals surface area contributed by atoms with Gasteiger partial charge in [-0.15, -0.1) is 11.3 Å². The molecule has 0 amide bonds. The summed E-state index contributed by atoms with van der Waals surface area (Å²) in [5, 5.41) is 13.3. The van der Waals surface area contributed by atoms with E-state index in [0.717, 1.165) is 34.7 Å². The summed E-state index contributed by atoms with van der Waals surface area (Å²) >= 11 is 1.30. The first-order chi connectivity index (χ1) is 13.0. The molecule has 0 unspecified atom stereocenters. The standard InChI is InChI=1S/C21H23N3O2S/c1-4-5-10-26-15-8-6-14(7-9-15)18-17(13(3)25)12(2)24-21-19(18)20(23)16(11-22)27-21/h6-9,17-18,24H,2,4-5,10,23H2,1,3H3/t17-,18-/m1/s1. The van der Waals surface area contributed by atoms with Crippen molar-refractivity contribution in [2.45, 2.75) is 32.6 Å². The number of benzene rings is 1. The number of thiophene rings is 1. The van der Waals surface area contributed by atoms with E-state index in [4.69, 9.17) is 10.5 Å². The van der Waals surface area contributed by atoms with E-state index in [2.05, 4.69) is 24.9 Å². The Balaban J connectivity index is 2.03. The lowest BCUT2D eigenvalue weighted by Gasteiger charge is -2.33. The molecular formula is C21H23N3O2S. The third-order valence-corrected chi connectivity index (χ3v) is 5.86. The second-order valence-corrected chi connectivity index (χ2v) is 7.71. The molecule has 2 atom stereocenters. The van der Waals surface area contributed by atoms with Gasteiger partial charge in [0.2, 0.25) is 0 Å². The van der Waals surface area contributed by atoms with E-state index in [-0.39, 0.29) is 11.7 Å². The highest BCUT2D eigenvalue weighted by molar-refractivity contribution is 7.17. The molecule has 2 heterocycles. The highest BCUT2D eigenvalue weighted by atomic mass is 32.1. The second-order valence-electron chi connectivity index (χ2n) is 6.69. The number of ketones is 1. The van der Waals surface area contributed by atoms with Crippen LogP contribution in [0.2, 0.25) is 0 Å². The number of ether oxygens (including phenoxy) is 1. The van der Waals surface area contributed by atoms with Gasteiger partial charge in [-0.2, -0.15) is 5.26 Å². The Labute approximate surface area is 163 Å². The molecule has 140 valence electrons. The van der Waals surface area contributed by atoms with Gasteiger partial charge in [-0.1, -0.05) is 32.1 Å². The van der Waals surface area contributed by atoms with Crippen LogP contribution in [0, 0.1) is 17.2 Å². The predicted octanol–water partition coefficient (Wildman–Crippen LogP) is 4.66. The maximum atomic E-state index is 12.4. The van der Waals surface area contributed by atoms with Crippen LogP contribution in [0.3, 0.4) is 0 Å². The fourth-order valence-electron chi connectivity index (χ4n) is 3.48. The molecule has 0 radical (unpaired) electrons. The average Bonchev–Trinajstić information content (AvgIpc) is 2.96. The number of hydrogen-bond acceptors (Lipinski definition) is 6. The van der Waals surface area contributed by atoms with Gasteiger partial charge < -0.3 is 15.8 Å². The molecule has 0 saturated carbocycles. The van der Waals surface area contributed by atoms with Gasteiger partial charge in [-0.3, -0.25) is 4.79 Å². The van der Waals surface area contributed by atoms with Gasteiger partial charge in [0, 0.05) is 17.2 Å². The number of Topliss-reactive ketones (excluding diaryl/α,β-unsaturated/α-hetero) is 1. The highest BCUT2D eigenvalue weighted by Gasteiger charge is 2.39. The number of allylic oxidation sites excluding steroid dienone is 1. The van der Waals surface area contributed by atoms with Crippen molar-refractivity contribution in [3.8, 4) is 11.8 Å². The fraction of sp³-hybridized carbons (Fsp3) is 0.333. The van der Waals surface area contributed by atoms with Gasteiger partial charge in [0.15, 0.2) is 0 Å². The monoisotopic (exact) mass is 381 g/mol.